The van der Waals surface area contributed by atoms with Crippen LogP contribution in [-0.4, -0.2) is 37.2 Å². The zero-order chi connectivity index (χ0) is 12.9. The topological polar surface area (TPSA) is 38.5 Å². The first-order chi connectivity index (χ1) is 8.01. The third kappa shape index (κ3) is 4.23. The van der Waals surface area contributed by atoms with Crippen molar-refractivity contribution in [2.24, 2.45) is 5.73 Å². The fourth-order valence-electron chi connectivity index (χ4n) is 1.51. The van der Waals surface area contributed by atoms with Gasteiger partial charge in [0.15, 0.2) is 0 Å². The zero-order valence-electron chi connectivity index (χ0n) is 10.7. The van der Waals surface area contributed by atoms with Crippen molar-refractivity contribution in [1.29, 1.82) is 0 Å². The highest BCUT2D eigenvalue weighted by Gasteiger charge is 2.28. The molecule has 1 aromatic heterocycles. The summed E-state index contributed by atoms with van der Waals surface area (Å²) < 4.78 is 6.34. The Morgan fingerprint density at radius 1 is 1.53 bits per heavy atom. The second-order valence-electron chi connectivity index (χ2n) is 4.40. The Morgan fingerprint density at radius 3 is 2.71 bits per heavy atom. The molecule has 0 saturated carbocycles. The smallest absolute Gasteiger partial charge is 0.0931 e. The van der Waals surface area contributed by atoms with E-state index in [4.69, 9.17) is 22.1 Å². The summed E-state index contributed by atoms with van der Waals surface area (Å²) in [6.45, 7) is 6.90. The maximum absolute atomic E-state index is 5.93. The molecule has 0 fully saturated rings. The molecule has 0 saturated heterocycles. The SMILES string of the molecule is CCOCC(C)(CN)N(C)Cc1ccc(Cl)s1. The number of hydrogen-bond acceptors (Lipinski definition) is 4. The van der Waals surface area contributed by atoms with Gasteiger partial charge in [0.05, 0.1) is 16.5 Å². The molecule has 5 heteroatoms. The summed E-state index contributed by atoms with van der Waals surface area (Å²) in [5.41, 5.74) is 5.73. The normalized spacial score (nSPS) is 15.2. The maximum Gasteiger partial charge on any atom is 0.0931 e. The lowest BCUT2D eigenvalue weighted by molar-refractivity contribution is 0.0206. The molecule has 0 aliphatic carbocycles. The number of halogens is 1. The first-order valence-electron chi connectivity index (χ1n) is 5.75. The molecule has 1 unspecified atom stereocenters. The lowest BCUT2D eigenvalue weighted by atomic mass is 10.0. The van der Waals surface area contributed by atoms with Gasteiger partial charge in [0.2, 0.25) is 0 Å². The van der Waals surface area contributed by atoms with Crippen LogP contribution >= 0.6 is 22.9 Å². The van der Waals surface area contributed by atoms with Crippen LogP contribution in [0.5, 0.6) is 0 Å². The van der Waals surface area contributed by atoms with Gasteiger partial charge in [-0.3, -0.25) is 4.90 Å². The van der Waals surface area contributed by atoms with E-state index in [-0.39, 0.29) is 5.54 Å². The van der Waals surface area contributed by atoms with Crippen molar-refractivity contribution in [3.8, 4) is 0 Å². The average Bonchev–Trinajstić information content (AvgIpc) is 2.71. The molecule has 0 aliphatic heterocycles. The number of nitrogens with zero attached hydrogens (tertiary/aromatic N) is 1. The molecule has 98 valence electrons. The van der Waals surface area contributed by atoms with Crippen LogP contribution in [0.2, 0.25) is 4.34 Å². The van der Waals surface area contributed by atoms with E-state index in [2.05, 4.69) is 24.9 Å². The summed E-state index contributed by atoms with van der Waals surface area (Å²) in [5.74, 6) is 0. The Morgan fingerprint density at radius 2 is 2.24 bits per heavy atom. The number of likely N-dealkylation sites (N-methyl/N-ethyl adjacent to an activating group) is 1. The third-order valence-electron chi connectivity index (χ3n) is 3.00. The van der Waals surface area contributed by atoms with Crippen LogP contribution in [0.1, 0.15) is 18.7 Å². The van der Waals surface area contributed by atoms with E-state index in [0.717, 1.165) is 10.9 Å². The van der Waals surface area contributed by atoms with Gasteiger partial charge in [0.1, 0.15) is 0 Å². The predicted molar refractivity (Wildman–Crippen MR) is 74.7 cm³/mol. The Labute approximate surface area is 113 Å². The molecule has 1 aromatic rings. The Kier molecular flexibility index (Phi) is 5.89. The second-order valence-corrected chi connectivity index (χ2v) is 6.20. The molecule has 1 atom stereocenters. The molecule has 0 radical (unpaired) electrons. The Balaban J connectivity index is 2.62. The molecule has 17 heavy (non-hydrogen) atoms. The number of rotatable bonds is 7. The Bertz CT molecular complexity index is 345. The minimum atomic E-state index is -0.132. The quantitative estimate of drug-likeness (QED) is 0.832. The van der Waals surface area contributed by atoms with E-state index in [0.29, 0.717) is 19.8 Å². The summed E-state index contributed by atoms with van der Waals surface area (Å²) in [6, 6.07) is 3.98. The number of nitrogens with two attached hydrogens (primary N) is 1. The van der Waals surface area contributed by atoms with Crippen molar-refractivity contribution in [2.45, 2.75) is 25.9 Å². The average molecular weight is 277 g/mol. The van der Waals surface area contributed by atoms with Crippen molar-refractivity contribution in [2.75, 3.05) is 26.8 Å². The van der Waals surface area contributed by atoms with Crippen LogP contribution in [0.25, 0.3) is 0 Å². The first-order valence-corrected chi connectivity index (χ1v) is 6.94. The molecule has 2 N–H and O–H groups in total. The van der Waals surface area contributed by atoms with Gasteiger partial charge in [-0.25, -0.2) is 0 Å². The van der Waals surface area contributed by atoms with Crippen LogP contribution in [-0.2, 0) is 11.3 Å². The van der Waals surface area contributed by atoms with Gasteiger partial charge < -0.3 is 10.5 Å². The van der Waals surface area contributed by atoms with E-state index in [1.807, 2.05) is 13.0 Å². The monoisotopic (exact) mass is 276 g/mol. The molecule has 0 bridgehead atoms. The summed E-state index contributed by atoms with van der Waals surface area (Å²) >= 11 is 7.53. The Hall–Kier alpha value is -0.130. The molecular formula is C12H21ClN2OS. The molecule has 3 nitrogen and oxygen atoms in total. The van der Waals surface area contributed by atoms with Gasteiger partial charge in [0, 0.05) is 24.6 Å². The predicted octanol–water partition coefficient (Wildman–Crippen LogP) is 2.59. The van der Waals surface area contributed by atoms with Gasteiger partial charge in [-0.05, 0) is 33.0 Å². The van der Waals surface area contributed by atoms with Gasteiger partial charge >= 0.3 is 0 Å². The minimum Gasteiger partial charge on any atom is -0.380 e. The van der Waals surface area contributed by atoms with Crippen molar-refractivity contribution < 1.29 is 4.74 Å². The third-order valence-corrected chi connectivity index (χ3v) is 4.22. The first kappa shape index (κ1) is 14.9. The zero-order valence-corrected chi connectivity index (χ0v) is 12.3. The highest BCUT2D eigenvalue weighted by Crippen LogP contribution is 2.24. The molecule has 1 rings (SSSR count). The molecule has 0 aromatic carbocycles. The molecular weight excluding hydrogens is 256 g/mol. The fraction of sp³-hybridized carbons (Fsp3) is 0.667. The molecule has 0 amide bonds. The molecule has 0 aliphatic rings. The molecule has 1 heterocycles. The number of hydrogen-bond donors (Lipinski definition) is 1. The van der Waals surface area contributed by atoms with Crippen molar-refractivity contribution in [3.63, 3.8) is 0 Å². The van der Waals surface area contributed by atoms with Crippen LogP contribution in [0, 0.1) is 0 Å². The van der Waals surface area contributed by atoms with Crippen molar-refractivity contribution in [3.05, 3.63) is 21.3 Å². The van der Waals surface area contributed by atoms with Gasteiger partial charge in [-0.1, -0.05) is 11.6 Å². The van der Waals surface area contributed by atoms with E-state index in [9.17, 15) is 0 Å². The van der Waals surface area contributed by atoms with E-state index in [1.165, 1.54) is 4.88 Å². The minimum absolute atomic E-state index is 0.132. The summed E-state index contributed by atoms with van der Waals surface area (Å²) in [4.78, 5) is 3.47. The highest BCUT2D eigenvalue weighted by molar-refractivity contribution is 7.16. The van der Waals surface area contributed by atoms with Crippen LogP contribution in [0.15, 0.2) is 12.1 Å². The van der Waals surface area contributed by atoms with Crippen LogP contribution in [0.3, 0.4) is 0 Å². The van der Waals surface area contributed by atoms with E-state index >= 15 is 0 Å². The lowest BCUT2D eigenvalue weighted by Crippen LogP contribution is -2.52. The van der Waals surface area contributed by atoms with Crippen LogP contribution < -0.4 is 5.73 Å². The summed E-state index contributed by atoms with van der Waals surface area (Å²) in [5, 5.41) is 0. The summed E-state index contributed by atoms with van der Waals surface area (Å²) in [6.07, 6.45) is 0. The standard InChI is InChI=1S/C12H21ClN2OS/c1-4-16-9-12(2,8-14)15(3)7-10-5-6-11(13)17-10/h5-6H,4,7-9,14H2,1-3H3. The lowest BCUT2D eigenvalue weighted by Gasteiger charge is -2.37. The van der Waals surface area contributed by atoms with Gasteiger partial charge in [-0.2, -0.15) is 0 Å². The number of ether oxygens (including phenoxy) is 1. The van der Waals surface area contributed by atoms with Gasteiger partial charge in [0.25, 0.3) is 0 Å². The fourth-order valence-corrected chi connectivity index (χ4v) is 2.65. The molecule has 0 spiro atoms. The van der Waals surface area contributed by atoms with Crippen LogP contribution in [0.4, 0.5) is 0 Å². The van der Waals surface area contributed by atoms with Gasteiger partial charge in [-0.15, -0.1) is 11.3 Å². The van der Waals surface area contributed by atoms with Crippen molar-refractivity contribution >= 4 is 22.9 Å². The maximum atomic E-state index is 5.93. The second kappa shape index (κ2) is 6.71. The number of thiophene rings is 1. The van der Waals surface area contributed by atoms with E-state index in [1.54, 1.807) is 11.3 Å². The van der Waals surface area contributed by atoms with E-state index < -0.39 is 0 Å². The largest absolute Gasteiger partial charge is 0.380 e. The summed E-state index contributed by atoms with van der Waals surface area (Å²) in [7, 11) is 2.07. The van der Waals surface area contributed by atoms with Crippen molar-refractivity contribution in [1.82, 2.24) is 4.90 Å². The highest BCUT2D eigenvalue weighted by atomic mass is 35.5.